The highest BCUT2D eigenvalue weighted by atomic mass is 32.2. The normalized spacial score (nSPS) is 28.2. The fraction of sp³-hybridized carbons (Fsp3) is 1.00. The van der Waals surface area contributed by atoms with E-state index in [4.69, 9.17) is 0 Å². The van der Waals surface area contributed by atoms with E-state index in [0.29, 0.717) is 20.8 Å². The molecule has 4 aliphatic heterocycles. The molecule has 176 valence electrons. The molecular formula is C24H48N4S2. The van der Waals surface area contributed by atoms with Gasteiger partial charge in [0.1, 0.15) is 0 Å². The Labute approximate surface area is 195 Å². The Morgan fingerprint density at radius 2 is 1.33 bits per heavy atom. The minimum atomic E-state index is 0.324. The average molecular weight is 457 g/mol. The van der Waals surface area contributed by atoms with Crippen LogP contribution in [0.4, 0.5) is 0 Å². The number of thioether (sulfide) groups is 2. The monoisotopic (exact) mass is 456 g/mol. The fourth-order valence-electron chi connectivity index (χ4n) is 5.51. The third-order valence-electron chi connectivity index (χ3n) is 7.25. The van der Waals surface area contributed by atoms with Gasteiger partial charge in [0.15, 0.2) is 0 Å². The maximum atomic E-state index is 3.74. The first-order valence-corrected chi connectivity index (χ1v) is 14.3. The maximum absolute atomic E-state index is 3.74. The maximum Gasteiger partial charge on any atom is 0.0698 e. The zero-order valence-corrected chi connectivity index (χ0v) is 22.2. The Bertz CT molecular complexity index is 510. The van der Waals surface area contributed by atoms with Crippen molar-refractivity contribution in [2.75, 3.05) is 50.8 Å². The Morgan fingerprint density at radius 3 is 1.87 bits per heavy atom. The molecule has 0 unspecified atom stereocenters. The van der Waals surface area contributed by atoms with Gasteiger partial charge in [-0.3, -0.25) is 9.80 Å². The molecule has 0 amide bonds. The van der Waals surface area contributed by atoms with E-state index < -0.39 is 0 Å². The predicted molar refractivity (Wildman–Crippen MR) is 137 cm³/mol. The van der Waals surface area contributed by atoms with Crippen molar-refractivity contribution in [2.24, 2.45) is 0 Å². The van der Waals surface area contributed by atoms with Crippen LogP contribution in [-0.4, -0.2) is 81.4 Å². The highest BCUT2D eigenvalue weighted by Gasteiger charge is 2.44. The zero-order chi connectivity index (χ0) is 21.9. The van der Waals surface area contributed by atoms with Crippen LogP contribution in [-0.2, 0) is 0 Å². The van der Waals surface area contributed by atoms with E-state index >= 15 is 0 Å². The second kappa shape index (κ2) is 10.2. The molecule has 0 aliphatic carbocycles. The van der Waals surface area contributed by atoms with Crippen LogP contribution in [0.25, 0.3) is 0 Å². The first-order chi connectivity index (χ1) is 14.1. The SMILES string of the molecule is CC(C)(C)N1CCC2(CC1)NCCCS2.CC(C)(C)N1CCCSC12CCNCC2. The van der Waals surface area contributed by atoms with Gasteiger partial charge in [-0.15, -0.1) is 23.5 Å². The fourth-order valence-corrected chi connectivity index (χ4v) is 8.53. The van der Waals surface area contributed by atoms with E-state index in [1.54, 1.807) is 0 Å². The molecule has 6 heteroatoms. The Morgan fingerprint density at radius 1 is 0.700 bits per heavy atom. The van der Waals surface area contributed by atoms with Crippen LogP contribution in [0.5, 0.6) is 0 Å². The van der Waals surface area contributed by atoms with E-state index in [1.165, 1.54) is 89.3 Å². The Hall–Kier alpha value is 0.540. The summed E-state index contributed by atoms with van der Waals surface area (Å²) in [6.45, 7) is 21.5. The molecule has 4 rings (SSSR count). The van der Waals surface area contributed by atoms with Crippen LogP contribution in [0, 0.1) is 0 Å². The van der Waals surface area contributed by atoms with Gasteiger partial charge in [-0.05, 0) is 111 Å². The molecule has 0 radical (unpaired) electrons. The summed E-state index contributed by atoms with van der Waals surface area (Å²) < 4.78 is 0. The number of hydrogen-bond donors (Lipinski definition) is 2. The molecule has 0 aromatic carbocycles. The number of hydrogen-bond acceptors (Lipinski definition) is 6. The largest absolute Gasteiger partial charge is 0.317 e. The Balaban J connectivity index is 0.000000171. The van der Waals surface area contributed by atoms with Gasteiger partial charge >= 0.3 is 0 Å². The van der Waals surface area contributed by atoms with Crippen molar-refractivity contribution in [3.63, 3.8) is 0 Å². The molecule has 0 bridgehead atoms. The van der Waals surface area contributed by atoms with Crippen LogP contribution < -0.4 is 10.6 Å². The van der Waals surface area contributed by atoms with Crippen molar-refractivity contribution in [3.8, 4) is 0 Å². The van der Waals surface area contributed by atoms with E-state index in [-0.39, 0.29) is 0 Å². The molecule has 0 aromatic heterocycles. The van der Waals surface area contributed by atoms with E-state index in [1.807, 2.05) is 0 Å². The summed E-state index contributed by atoms with van der Waals surface area (Å²) in [4.78, 5) is 6.26. The molecule has 0 atom stereocenters. The van der Waals surface area contributed by atoms with Gasteiger partial charge in [0.25, 0.3) is 0 Å². The highest BCUT2D eigenvalue weighted by Crippen LogP contribution is 2.44. The minimum absolute atomic E-state index is 0.324. The number of rotatable bonds is 0. The van der Waals surface area contributed by atoms with Crippen molar-refractivity contribution in [2.45, 2.75) is 101 Å². The lowest BCUT2D eigenvalue weighted by atomic mass is 9.95. The van der Waals surface area contributed by atoms with Crippen LogP contribution >= 0.6 is 23.5 Å². The van der Waals surface area contributed by atoms with Gasteiger partial charge in [0.2, 0.25) is 0 Å². The van der Waals surface area contributed by atoms with Gasteiger partial charge in [-0.25, -0.2) is 0 Å². The molecular weight excluding hydrogens is 408 g/mol. The Kier molecular flexibility index (Phi) is 8.57. The predicted octanol–water partition coefficient (Wildman–Crippen LogP) is 4.61. The molecule has 0 saturated carbocycles. The van der Waals surface area contributed by atoms with Crippen LogP contribution in [0.3, 0.4) is 0 Å². The number of piperidine rings is 2. The average Bonchev–Trinajstić information content (AvgIpc) is 2.69. The molecule has 2 N–H and O–H groups in total. The van der Waals surface area contributed by atoms with Gasteiger partial charge < -0.3 is 10.6 Å². The number of nitrogens with one attached hydrogen (secondary N) is 2. The van der Waals surface area contributed by atoms with Gasteiger partial charge in [-0.2, -0.15) is 0 Å². The molecule has 30 heavy (non-hydrogen) atoms. The van der Waals surface area contributed by atoms with E-state index in [2.05, 4.69) is 85.5 Å². The molecule has 4 fully saturated rings. The van der Waals surface area contributed by atoms with Gasteiger partial charge in [0, 0.05) is 30.7 Å². The second-order valence-corrected chi connectivity index (χ2v) is 14.4. The molecule has 4 heterocycles. The first-order valence-electron chi connectivity index (χ1n) is 12.3. The number of likely N-dealkylation sites (tertiary alicyclic amines) is 1. The smallest absolute Gasteiger partial charge is 0.0698 e. The quantitative estimate of drug-likeness (QED) is 0.554. The lowest BCUT2D eigenvalue weighted by Gasteiger charge is -2.54. The summed E-state index contributed by atoms with van der Waals surface area (Å²) in [6.07, 6.45) is 7.96. The van der Waals surface area contributed by atoms with Crippen molar-refractivity contribution in [1.29, 1.82) is 0 Å². The molecule has 2 spiro atoms. The van der Waals surface area contributed by atoms with Crippen molar-refractivity contribution < 1.29 is 0 Å². The molecule has 4 nitrogen and oxygen atoms in total. The van der Waals surface area contributed by atoms with Crippen molar-refractivity contribution in [3.05, 3.63) is 0 Å². The standard InChI is InChI=1S/2C12H24N2S/c1-11(2,3)14-9-4-10-15-12(14)5-7-13-8-6-12;1-11(2,3)14-8-5-12(6-9-14)13-7-4-10-15-12/h2*13H,4-10H2,1-3H3. The highest BCUT2D eigenvalue weighted by molar-refractivity contribution is 8.00. The minimum Gasteiger partial charge on any atom is -0.317 e. The van der Waals surface area contributed by atoms with Crippen molar-refractivity contribution in [1.82, 2.24) is 20.4 Å². The molecule has 0 aromatic rings. The van der Waals surface area contributed by atoms with Crippen LogP contribution in [0.2, 0.25) is 0 Å². The first kappa shape index (κ1) is 25.2. The zero-order valence-electron chi connectivity index (χ0n) is 20.6. The van der Waals surface area contributed by atoms with E-state index in [0.717, 1.165) is 0 Å². The summed E-state index contributed by atoms with van der Waals surface area (Å²) >= 11 is 4.37. The second-order valence-electron chi connectivity index (χ2n) is 11.5. The van der Waals surface area contributed by atoms with Crippen molar-refractivity contribution >= 4 is 23.5 Å². The van der Waals surface area contributed by atoms with Crippen LogP contribution in [0.15, 0.2) is 0 Å². The topological polar surface area (TPSA) is 30.5 Å². The van der Waals surface area contributed by atoms with Crippen LogP contribution in [0.1, 0.15) is 80.1 Å². The molecule has 4 aliphatic rings. The summed E-state index contributed by atoms with van der Waals surface area (Å²) in [5.41, 5.74) is 0.672. The van der Waals surface area contributed by atoms with Gasteiger partial charge in [-0.1, -0.05) is 0 Å². The summed E-state index contributed by atoms with van der Waals surface area (Å²) in [5, 5.41) is 7.23. The number of nitrogens with zero attached hydrogens (tertiary/aromatic N) is 2. The summed E-state index contributed by atoms with van der Waals surface area (Å²) in [6, 6.07) is 0. The van der Waals surface area contributed by atoms with Gasteiger partial charge in [0.05, 0.1) is 9.74 Å². The summed E-state index contributed by atoms with van der Waals surface area (Å²) in [7, 11) is 0. The summed E-state index contributed by atoms with van der Waals surface area (Å²) in [5.74, 6) is 2.70. The lowest BCUT2D eigenvalue weighted by Crippen LogP contribution is -2.61. The third kappa shape index (κ3) is 6.32. The molecule has 4 saturated heterocycles. The van der Waals surface area contributed by atoms with E-state index in [9.17, 15) is 0 Å². The third-order valence-corrected chi connectivity index (χ3v) is 10.5. The lowest BCUT2D eigenvalue weighted by molar-refractivity contribution is 0.0377.